The van der Waals surface area contributed by atoms with Crippen LogP contribution in [-0.2, 0) is 0 Å². The van der Waals surface area contributed by atoms with Crippen LogP contribution in [0.25, 0.3) is 0 Å². The van der Waals surface area contributed by atoms with Gasteiger partial charge in [-0.05, 0) is 31.6 Å². The summed E-state index contributed by atoms with van der Waals surface area (Å²) in [6, 6.07) is -0.0557. The molecule has 2 fully saturated rings. The zero-order chi connectivity index (χ0) is 12.5. The Labute approximate surface area is 103 Å². The quantitative estimate of drug-likeness (QED) is 0.733. The van der Waals surface area contributed by atoms with Crippen molar-refractivity contribution in [1.29, 1.82) is 5.41 Å². The van der Waals surface area contributed by atoms with Crippen LogP contribution in [0.2, 0.25) is 0 Å². The van der Waals surface area contributed by atoms with Gasteiger partial charge in [-0.1, -0.05) is 26.7 Å². The lowest BCUT2D eigenvalue weighted by Crippen LogP contribution is -2.49. The Balaban J connectivity index is 2.16. The molecule has 17 heavy (non-hydrogen) atoms. The van der Waals surface area contributed by atoms with Gasteiger partial charge in [0.2, 0.25) is 0 Å². The number of unbranched alkanes of at least 4 members (excludes halogenated alkanes) is 1. The summed E-state index contributed by atoms with van der Waals surface area (Å²) in [4.78, 5) is 13.9. The van der Waals surface area contributed by atoms with Crippen molar-refractivity contribution in [1.82, 2.24) is 10.2 Å². The molecule has 0 aromatic carbocycles. The van der Waals surface area contributed by atoms with Crippen molar-refractivity contribution in [3.8, 4) is 0 Å². The molecule has 2 rings (SSSR count). The number of nitrogens with zero attached hydrogens (tertiary/aromatic N) is 1. The van der Waals surface area contributed by atoms with Crippen molar-refractivity contribution in [2.24, 2.45) is 5.92 Å². The normalized spacial score (nSPS) is 28.7. The Morgan fingerprint density at radius 3 is 2.71 bits per heavy atom. The van der Waals surface area contributed by atoms with E-state index in [4.69, 9.17) is 5.41 Å². The molecule has 4 heteroatoms. The van der Waals surface area contributed by atoms with Gasteiger partial charge < -0.3 is 4.90 Å². The monoisotopic (exact) mass is 237 g/mol. The molecule has 0 spiro atoms. The van der Waals surface area contributed by atoms with E-state index >= 15 is 0 Å². The lowest BCUT2D eigenvalue weighted by atomic mass is 9.87. The number of amides is 2. The molecule has 0 radical (unpaired) electrons. The zero-order valence-corrected chi connectivity index (χ0v) is 10.9. The second-order valence-electron chi connectivity index (χ2n) is 5.35. The second-order valence-corrected chi connectivity index (χ2v) is 5.35. The van der Waals surface area contributed by atoms with Crippen LogP contribution in [0, 0.1) is 11.3 Å². The van der Waals surface area contributed by atoms with Gasteiger partial charge >= 0.3 is 6.03 Å². The minimum atomic E-state index is -0.338. The van der Waals surface area contributed by atoms with Gasteiger partial charge in [0.25, 0.3) is 0 Å². The first-order valence-electron chi connectivity index (χ1n) is 6.81. The maximum atomic E-state index is 12.0. The summed E-state index contributed by atoms with van der Waals surface area (Å²) in [6.07, 6.45) is 6.43. The highest BCUT2D eigenvalue weighted by atomic mass is 16.2. The molecule has 4 nitrogen and oxygen atoms in total. The van der Waals surface area contributed by atoms with Crippen LogP contribution in [0.4, 0.5) is 4.79 Å². The lowest BCUT2D eigenvalue weighted by molar-refractivity contribution is 0.158. The first kappa shape index (κ1) is 12.4. The average molecular weight is 237 g/mol. The molecule has 1 aliphatic heterocycles. The van der Waals surface area contributed by atoms with Crippen LogP contribution < -0.4 is 5.32 Å². The number of carbonyl (C=O) groups excluding carboxylic acids is 1. The number of nitrogens with one attached hydrogen (secondary N) is 2. The summed E-state index contributed by atoms with van der Waals surface area (Å²) in [5.74, 6) is 1.10. The average Bonchev–Trinajstić information content (AvgIpc) is 3.08. The molecule has 2 aliphatic rings. The highest BCUT2D eigenvalue weighted by Gasteiger charge is 2.49. The lowest BCUT2D eigenvalue weighted by Gasteiger charge is -2.36. The minimum absolute atomic E-state index is 0.0557. The number of carbonyl (C=O) groups is 1. The molecule has 0 aromatic heterocycles. The van der Waals surface area contributed by atoms with Crippen LogP contribution in [-0.4, -0.2) is 28.9 Å². The van der Waals surface area contributed by atoms with Gasteiger partial charge in [0.05, 0.1) is 0 Å². The molecule has 96 valence electrons. The van der Waals surface area contributed by atoms with Crippen molar-refractivity contribution in [2.45, 2.75) is 57.9 Å². The molecular weight excluding hydrogens is 214 g/mol. The zero-order valence-electron chi connectivity index (χ0n) is 10.9. The molecule has 1 atom stereocenters. The van der Waals surface area contributed by atoms with Crippen molar-refractivity contribution < 1.29 is 4.79 Å². The molecule has 2 amide bonds. The number of rotatable bonds is 6. The Morgan fingerprint density at radius 2 is 2.18 bits per heavy atom. The van der Waals surface area contributed by atoms with E-state index in [-0.39, 0.29) is 11.6 Å². The third-order valence-corrected chi connectivity index (χ3v) is 4.13. The Morgan fingerprint density at radius 1 is 1.47 bits per heavy atom. The maximum Gasteiger partial charge on any atom is 0.323 e. The van der Waals surface area contributed by atoms with E-state index in [2.05, 4.69) is 19.2 Å². The number of hydrogen-bond acceptors (Lipinski definition) is 2. The fourth-order valence-electron chi connectivity index (χ4n) is 2.71. The number of amidine groups is 1. The van der Waals surface area contributed by atoms with E-state index in [1.165, 1.54) is 12.8 Å². The van der Waals surface area contributed by atoms with E-state index in [1.54, 1.807) is 0 Å². The predicted molar refractivity (Wildman–Crippen MR) is 68.2 cm³/mol. The van der Waals surface area contributed by atoms with E-state index in [0.717, 1.165) is 32.2 Å². The van der Waals surface area contributed by atoms with Crippen molar-refractivity contribution >= 4 is 11.9 Å². The van der Waals surface area contributed by atoms with Crippen molar-refractivity contribution in [3.63, 3.8) is 0 Å². The van der Waals surface area contributed by atoms with Crippen LogP contribution >= 0.6 is 0 Å². The van der Waals surface area contributed by atoms with Crippen molar-refractivity contribution in [2.75, 3.05) is 6.54 Å². The standard InChI is InChI=1S/C13H23N3O/c1-3-5-8-13(4-2)11(14)15-12(17)16(13)9-10-6-7-10/h10H,3-9H2,1-2H3,(H2,14,15,17). The van der Waals surface area contributed by atoms with E-state index < -0.39 is 0 Å². The fraction of sp³-hybridized carbons (Fsp3) is 0.846. The van der Waals surface area contributed by atoms with Crippen molar-refractivity contribution in [3.05, 3.63) is 0 Å². The largest absolute Gasteiger partial charge is 0.323 e. The number of urea groups is 1. The van der Waals surface area contributed by atoms with E-state index in [1.807, 2.05) is 4.90 Å². The first-order valence-corrected chi connectivity index (χ1v) is 6.81. The third-order valence-electron chi connectivity index (χ3n) is 4.13. The summed E-state index contributed by atoms with van der Waals surface area (Å²) < 4.78 is 0. The van der Waals surface area contributed by atoms with Crippen LogP contribution in [0.3, 0.4) is 0 Å². The topological polar surface area (TPSA) is 56.2 Å². The highest BCUT2D eigenvalue weighted by molar-refractivity contribution is 6.08. The summed E-state index contributed by atoms with van der Waals surface area (Å²) in [5.41, 5.74) is -0.338. The van der Waals surface area contributed by atoms with E-state index in [0.29, 0.717) is 11.8 Å². The molecular formula is C13H23N3O. The molecule has 1 saturated carbocycles. The van der Waals surface area contributed by atoms with Gasteiger partial charge in [-0.2, -0.15) is 0 Å². The first-order chi connectivity index (χ1) is 8.14. The molecule has 1 saturated heterocycles. The van der Waals surface area contributed by atoms with Crippen LogP contribution in [0.1, 0.15) is 52.4 Å². The van der Waals surface area contributed by atoms with Gasteiger partial charge in [-0.25, -0.2) is 4.79 Å². The molecule has 1 aliphatic carbocycles. The highest BCUT2D eigenvalue weighted by Crippen LogP contribution is 2.37. The summed E-state index contributed by atoms with van der Waals surface area (Å²) in [5, 5.41) is 10.8. The van der Waals surface area contributed by atoms with Crippen LogP contribution in [0.5, 0.6) is 0 Å². The summed E-state index contributed by atoms with van der Waals surface area (Å²) >= 11 is 0. The maximum absolute atomic E-state index is 12.0. The van der Waals surface area contributed by atoms with E-state index in [9.17, 15) is 4.79 Å². The molecule has 0 aromatic rings. The van der Waals surface area contributed by atoms with Gasteiger partial charge in [-0.15, -0.1) is 0 Å². The minimum Gasteiger partial charge on any atom is -0.311 e. The SMILES string of the molecule is CCCCC1(CC)C(=N)NC(=O)N1CC1CC1. The molecule has 0 bridgehead atoms. The smallest absolute Gasteiger partial charge is 0.311 e. The summed E-state index contributed by atoms with van der Waals surface area (Å²) in [6.45, 7) is 5.08. The molecule has 1 unspecified atom stereocenters. The van der Waals surface area contributed by atoms with Gasteiger partial charge in [0.15, 0.2) is 0 Å². The molecule has 2 N–H and O–H groups in total. The fourth-order valence-corrected chi connectivity index (χ4v) is 2.71. The molecule has 1 heterocycles. The third kappa shape index (κ3) is 2.17. The Kier molecular flexibility index (Phi) is 3.40. The Bertz CT molecular complexity index is 325. The Hall–Kier alpha value is -1.06. The van der Waals surface area contributed by atoms with Gasteiger partial charge in [0, 0.05) is 6.54 Å². The predicted octanol–water partition coefficient (Wildman–Crippen LogP) is 2.74. The number of hydrogen-bond donors (Lipinski definition) is 2. The van der Waals surface area contributed by atoms with Gasteiger partial charge in [-0.3, -0.25) is 10.7 Å². The summed E-state index contributed by atoms with van der Waals surface area (Å²) in [7, 11) is 0. The van der Waals surface area contributed by atoms with Gasteiger partial charge in [0.1, 0.15) is 11.4 Å². The van der Waals surface area contributed by atoms with Crippen LogP contribution in [0.15, 0.2) is 0 Å². The second kappa shape index (κ2) is 4.67.